The number of carbonyl (C=O) groups is 1. The van der Waals surface area contributed by atoms with Crippen molar-refractivity contribution in [3.05, 3.63) is 42.1 Å². The molecule has 0 spiro atoms. The zero-order valence-electron chi connectivity index (χ0n) is 13.9. The first-order chi connectivity index (χ1) is 11.6. The van der Waals surface area contributed by atoms with Crippen LogP contribution in [0.3, 0.4) is 0 Å². The summed E-state index contributed by atoms with van der Waals surface area (Å²) in [5, 5.41) is 7.85. The quantitative estimate of drug-likeness (QED) is 0.676. The molecular weight excluding hydrogens is 306 g/mol. The van der Waals surface area contributed by atoms with Crippen molar-refractivity contribution in [3.8, 4) is 11.5 Å². The number of hydrogen-bond donors (Lipinski definition) is 1. The molecule has 0 saturated heterocycles. The fraction of sp³-hybridized carbons (Fsp3) is 0.333. The van der Waals surface area contributed by atoms with Gasteiger partial charge in [-0.25, -0.2) is 0 Å². The van der Waals surface area contributed by atoms with Crippen LogP contribution in [0.25, 0.3) is 22.5 Å². The number of nitrogens with zero attached hydrogens (tertiary/aromatic N) is 2. The number of furan rings is 1. The van der Waals surface area contributed by atoms with E-state index in [0.29, 0.717) is 23.8 Å². The van der Waals surface area contributed by atoms with Gasteiger partial charge < -0.3 is 19.2 Å². The zero-order valence-corrected chi connectivity index (χ0v) is 13.9. The van der Waals surface area contributed by atoms with Gasteiger partial charge in [0.1, 0.15) is 5.58 Å². The smallest absolute Gasteiger partial charge is 0.226 e. The Morgan fingerprint density at radius 2 is 2.04 bits per heavy atom. The van der Waals surface area contributed by atoms with Crippen LogP contribution in [0.5, 0.6) is 0 Å². The minimum absolute atomic E-state index is 0.0572. The molecule has 0 radical (unpaired) electrons. The molecular formula is C18H21N3O3. The lowest BCUT2D eigenvalue weighted by Crippen LogP contribution is -2.28. The number of fused-ring (bicyclic) bond motifs is 1. The van der Waals surface area contributed by atoms with E-state index in [9.17, 15) is 4.79 Å². The first-order valence-corrected chi connectivity index (χ1v) is 7.98. The Hall–Kier alpha value is -2.60. The molecule has 6 nitrogen and oxygen atoms in total. The summed E-state index contributed by atoms with van der Waals surface area (Å²) in [6.07, 6.45) is 1.12. The lowest BCUT2D eigenvalue weighted by Gasteiger charge is -2.09. The van der Waals surface area contributed by atoms with Gasteiger partial charge in [-0.15, -0.1) is 0 Å². The molecule has 0 aliphatic carbocycles. The molecule has 6 heteroatoms. The Bertz CT molecular complexity index is 787. The number of amides is 1. The van der Waals surface area contributed by atoms with Crippen molar-refractivity contribution in [1.82, 2.24) is 15.4 Å². The summed E-state index contributed by atoms with van der Waals surface area (Å²) in [6, 6.07) is 11.4. The molecule has 0 atom stereocenters. The van der Waals surface area contributed by atoms with Gasteiger partial charge in [0.05, 0.1) is 12.1 Å². The number of rotatable bonds is 7. The second-order valence-corrected chi connectivity index (χ2v) is 6.01. The Morgan fingerprint density at radius 1 is 1.21 bits per heavy atom. The normalized spacial score (nSPS) is 11.3. The molecule has 0 aliphatic heterocycles. The van der Waals surface area contributed by atoms with Gasteiger partial charge in [0.15, 0.2) is 5.76 Å². The monoisotopic (exact) mass is 327 g/mol. The van der Waals surface area contributed by atoms with Gasteiger partial charge in [0, 0.05) is 18.0 Å². The minimum Gasteiger partial charge on any atom is -0.453 e. The van der Waals surface area contributed by atoms with E-state index >= 15 is 0 Å². The van der Waals surface area contributed by atoms with Crippen LogP contribution in [-0.4, -0.2) is 43.1 Å². The third-order valence-electron chi connectivity index (χ3n) is 3.67. The van der Waals surface area contributed by atoms with E-state index in [2.05, 4.69) is 15.4 Å². The molecule has 24 heavy (non-hydrogen) atoms. The number of nitrogens with one attached hydrogen (secondary N) is 1. The van der Waals surface area contributed by atoms with Crippen LogP contribution in [0, 0.1) is 0 Å². The Kier molecular flexibility index (Phi) is 4.96. The number of benzene rings is 1. The Labute approximate surface area is 140 Å². The Morgan fingerprint density at radius 3 is 2.83 bits per heavy atom. The molecule has 3 rings (SSSR count). The maximum atomic E-state index is 11.9. The van der Waals surface area contributed by atoms with Gasteiger partial charge in [-0.2, -0.15) is 0 Å². The van der Waals surface area contributed by atoms with Crippen LogP contribution in [0.2, 0.25) is 0 Å². The predicted octanol–water partition coefficient (Wildman–Crippen LogP) is 2.70. The number of aromatic nitrogens is 1. The van der Waals surface area contributed by atoms with Crippen LogP contribution >= 0.6 is 0 Å². The molecule has 1 amide bonds. The maximum Gasteiger partial charge on any atom is 0.226 e. The maximum absolute atomic E-state index is 11.9. The summed E-state index contributed by atoms with van der Waals surface area (Å²) in [7, 11) is 4.02. The molecule has 2 aromatic heterocycles. The van der Waals surface area contributed by atoms with Crippen molar-refractivity contribution in [2.24, 2.45) is 0 Å². The van der Waals surface area contributed by atoms with Gasteiger partial charge in [-0.05, 0) is 39.2 Å². The van der Waals surface area contributed by atoms with Gasteiger partial charge in [-0.1, -0.05) is 23.4 Å². The highest BCUT2D eigenvalue weighted by Gasteiger charge is 2.14. The molecule has 1 aromatic carbocycles. The minimum atomic E-state index is -0.0572. The zero-order chi connectivity index (χ0) is 16.9. The number of hydrogen-bond acceptors (Lipinski definition) is 5. The van der Waals surface area contributed by atoms with Crippen LogP contribution in [0.15, 0.2) is 45.3 Å². The summed E-state index contributed by atoms with van der Waals surface area (Å²) >= 11 is 0. The SMILES string of the molecule is CN(C)CCCNC(=O)Cc1cc(-c2cc3ccccc3o2)on1. The third-order valence-corrected chi connectivity index (χ3v) is 3.67. The van der Waals surface area contributed by atoms with Crippen molar-refractivity contribution in [2.45, 2.75) is 12.8 Å². The van der Waals surface area contributed by atoms with Crippen molar-refractivity contribution in [1.29, 1.82) is 0 Å². The van der Waals surface area contributed by atoms with Crippen LogP contribution in [-0.2, 0) is 11.2 Å². The summed E-state index contributed by atoms with van der Waals surface area (Å²) in [5.41, 5.74) is 1.39. The molecule has 126 valence electrons. The van der Waals surface area contributed by atoms with Crippen molar-refractivity contribution in [3.63, 3.8) is 0 Å². The molecule has 0 bridgehead atoms. The number of para-hydroxylation sites is 1. The van der Waals surface area contributed by atoms with Crippen LogP contribution in [0.1, 0.15) is 12.1 Å². The predicted molar refractivity (Wildman–Crippen MR) is 91.6 cm³/mol. The second kappa shape index (κ2) is 7.31. The third kappa shape index (κ3) is 4.02. The highest BCUT2D eigenvalue weighted by atomic mass is 16.5. The summed E-state index contributed by atoms with van der Waals surface area (Å²) < 4.78 is 11.0. The van der Waals surface area contributed by atoms with E-state index < -0.39 is 0 Å². The van der Waals surface area contributed by atoms with Crippen molar-refractivity contribution >= 4 is 16.9 Å². The lowest BCUT2D eigenvalue weighted by atomic mass is 10.2. The van der Waals surface area contributed by atoms with Crippen LogP contribution < -0.4 is 5.32 Å². The molecule has 2 heterocycles. The molecule has 0 aliphatic rings. The fourth-order valence-corrected chi connectivity index (χ4v) is 2.46. The summed E-state index contributed by atoms with van der Waals surface area (Å²) in [6.45, 7) is 1.60. The first kappa shape index (κ1) is 16.3. The topological polar surface area (TPSA) is 71.5 Å². The van der Waals surface area contributed by atoms with E-state index in [1.807, 2.05) is 44.4 Å². The molecule has 1 N–H and O–H groups in total. The van der Waals surface area contributed by atoms with Crippen molar-refractivity contribution < 1.29 is 13.7 Å². The lowest BCUT2D eigenvalue weighted by molar-refractivity contribution is -0.120. The average molecular weight is 327 g/mol. The van der Waals surface area contributed by atoms with Gasteiger partial charge in [0.2, 0.25) is 11.7 Å². The molecule has 0 unspecified atom stereocenters. The van der Waals surface area contributed by atoms with Gasteiger partial charge in [-0.3, -0.25) is 4.79 Å². The number of carbonyl (C=O) groups excluding carboxylic acids is 1. The van der Waals surface area contributed by atoms with E-state index in [-0.39, 0.29) is 12.3 Å². The van der Waals surface area contributed by atoms with E-state index in [0.717, 1.165) is 23.9 Å². The molecule has 3 aromatic rings. The van der Waals surface area contributed by atoms with Crippen molar-refractivity contribution in [2.75, 3.05) is 27.2 Å². The van der Waals surface area contributed by atoms with E-state index in [4.69, 9.17) is 8.94 Å². The van der Waals surface area contributed by atoms with Gasteiger partial charge in [0.25, 0.3) is 0 Å². The average Bonchev–Trinajstić information content (AvgIpc) is 3.17. The standard InChI is InChI=1S/C18H21N3O3/c1-21(2)9-5-8-19-18(22)12-14-11-17(24-20-14)16-10-13-6-3-4-7-15(13)23-16/h3-4,6-7,10-11H,5,8-9,12H2,1-2H3,(H,19,22). The van der Waals surface area contributed by atoms with Gasteiger partial charge >= 0.3 is 0 Å². The van der Waals surface area contributed by atoms with E-state index in [1.165, 1.54) is 0 Å². The molecule has 0 fully saturated rings. The summed E-state index contributed by atoms with van der Waals surface area (Å²) in [4.78, 5) is 14.0. The second-order valence-electron chi connectivity index (χ2n) is 6.01. The summed E-state index contributed by atoms with van der Waals surface area (Å²) in [5.74, 6) is 1.08. The fourth-order valence-electron chi connectivity index (χ4n) is 2.46. The van der Waals surface area contributed by atoms with E-state index in [1.54, 1.807) is 6.07 Å². The van der Waals surface area contributed by atoms with Crippen LogP contribution in [0.4, 0.5) is 0 Å². The largest absolute Gasteiger partial charge is 0.453 e. The highest BCUT2D eigenvalue weighted by molar-refractivity contribution is 5.82. The Balaban J connectivity index is 1.58. The highest BCUT2D eigenvalue weighted by Crippen LogP contribution is 2.28. The first-order valence-electron chi connectivity index (χ1n) is 7.98. The molecule has 0 saturated carbocycles.